The van der Waals surface area contributed by atoms with E-state index in [-0.39, 0.29) is 30.3 Å². The lowest BCUT2D eigenvalue weighted by Crippen LogP contribution is -2.38. The Balaban J connectivity index is 1.73. The molecule has 0 aromatic carbocycles. The number of nitro groups is 1. The highest BCUT2D eigenvalue weighted by atomic mass is 16.6. The molecule has 1 saturated carbocycles. The Morgan fingerprint density at radius 2 is 2.20 bits per heavy atom. The molecule has 8 heteroatoms. The minimum atomic E-state index is -0.566. The second kappa shape index (κ2) is 6.47. The summed E-state index contributed by atoms with van der Waals surface area (Å²) in [6.45, 7) is 0.363. The summed E-state index contributed by atoms with van der Waals surface area (Å²) in [5.74, 6) is -0.297. The molecular formula is C12H18N4O4. The van der Waals surface area contributed by atoms with Crippen molar-refractivity contribution in [3.05, 3.63) is 22.6 Å². The SMILES string of the molecule is O=C(CCn1cnc([N+](=O)[O-])c1)NC1CCC(O)CC1. The van der Waals surface area contributed by atoms with Crippen molar-refractivity contribution in [3.63, 3.8) is 0 Å². The van der Waals surface area contributed by atoms with E-state index in [4.69, 9.17) is 0 Å². The van der Waals surface area contributed by atoms with Gasteiger partial charge in [0.15, 0.2) is 0 Å². The van der Waals surface area contributed by atoms with E-state index < -0.39 is 4.92 Å². The van der Waals surface area contributed by atoms with Gasteiger partial charge in [-0.05, 0) is 35.6 Å². The first-order chi connectivity index (χ1) is 9.54. The van der Waals surface area contributed by atoms with Gasteiger partial charge in [0.2, 0.25) is 12.2 Å². The molecule has 20 heavy (non-hydrogen) atoms. The fourth-order valence-electron chi connectivity index (χ4n) is 2.32. The molecule has 0 aliphatic heterocycles. The highest BCUT2D eigenvalue weighted by Crippen LogP contribution is 2.18. The lowest BCUT2D eigenvalue weighted by atomic mass is 9.93. The normalized spacial score (nSPS) is 22.4. The maximum absolute atomic E-state index is 11.8. The number of aliphatic hydroxyl groups excluding tert-OH is 1. The van der Waals surface area contributed by atoms with Crippen molar-refractivity contribution in [2.24, 2.45) is 0 Å². The summed E-state index contributed by atoms with van der Waals surface area (Å²) >= 11 is 0. The van der Waals surface area contributed by atoms with Crippen LogP contribution in [0.25, 0.3) is 0 Å². The Hall–Kier alpha value is -1.96. The van der Waals surface area contributed by atoms with Gasteiger partial charge in [0, 0.05) is 19.0 Å². The highest BCUT2D eigenvalue weighted by molar-refractivity contribution is 5.76. The van der Waals surface area contributed by atoms with Gasteiger partial charge in [-0.3, -0.25) is 4.79 Å². The molecule has 1 amide bonds. The lowest BCUT2D eigenvalue weighted by molar-refractivity contribution is -0.389. The second-order valence-electron chi connectivity index (χ2n) is 5.05. The van der Waals surface area contributed by atoms with Crippen molar-refractivity contribution >= 4 is 11.7 Å². The summed E-state index contributed by atoms with van der Waals surface area (Å²) in [6.07, 6.45) is 5.71. The zero-order valence-corrected chi connectivity index (χ0v) is 11.1. The average molecular weight is 282 g/mol. The molecule has 0 bridgehead atoms. The van der Waals surface area contributed by atoms with Crippen LogP contribution in [0.5, 0.6) is 0 Å². The van der Waals surface area contributed by atoms with E-state index in [0.29, 0.717) is 6.54 Å². The smallest absolute Gasteiger partial charge is 0.381 e. The average Bonchev–Trinajstić information content (AvgIpc) is 2.88. The standard InChI is InChI=1S/C12H18N4O4/c17-10-3-1-9(2-4-10)14-12(18)5-6-15-7-11(13-8-15)16(19)20/h7-10,17H,1-6H2,(H,14,18). The number of amides is 1. The molecular weight excluding hydrogens is 264 g/mol. The summed E-state index contributed by atoms with van der Waals surface area (Å²) in [5.41, 5.74) is 0. The molecule has 110 valence electrons. The molecule has 1 aromatic rings. The molecule has 1 aliphatic rings. The minimum Gasteiger partial charge on any atom is -0.393 e. The first-order valence-electron chi connectivity index (χ1n) is 6.68. The minimum absolute atomic E-state index is 0.0808. The number of nitrogens with zero attached hydrogens (tertiary/aromatic N) is 3. The van der Waals surface area contributed by atoms with E-state index in [1.165, 1.54) is 17.1 Å². The summed E-state index contributed by atoms with van der Waals surface area (Å²) in [5, 5.41) is 22.8. The van der Waals surface area contributed by atoms with Crippen LogP contribution in [-0.4, -0.2) is 37.6 Å². The van der Waals surface area contributed by atoms with Crippen molar-refractivity contribution in [2.75, 3.05) is 0 Å². The van der Waals surface area contributed by atoms with Crippen LogP contribution in [0.15, 0.2) is 12.5 Å². The van der Waals surface area contributed by atoms with Crippen LogP contribution in [0.3, 0.4) is 0 Å². The first-order valence-corrected chi connectivity index (χ1v) is 6.68. The summed E-state index contributed by atoms with van der Waals surface area (Å²) in [7, 11) is 0. The van der Waals surface area contributed by atoms with Gasteiger partial charge in [-0.1, -0.05) is 0 Å². The Labute approximate surface area is 116 Å². The van der Waals surface area contributed by atoms with Crippen molar-refractivity contribution in [3.8, 4) is 0 Å². The maximum atomic E-state index is 11.8. The monoisotopic (exact) mass is 282 g/mol. The van der Waals surface area contributed by atoms with Crippen LogP contribution >= 0.6 is 0 Å². The third-order valence-corrected chi connectivity index (χ3v) is 3.47. The number of carbonyl (C=O) groups excluding carboxylic acids is 1. The van der Waals surface area contributed by atoms with Crippen LogP contribution in [-0.2, 0) is 11.3 Å². The van der Waals surface area contributed by atoms with Crippen LogP contribution in [0.2, 0.25) is 0 Å². The third-order valence-electron chi connectivity index (χ3n) is 3.47. The van der Waals surface area contributed by atoms with E-state index >= 15 is 0 Å². The number of aryl methyl sites for hydroxylation is 1. The van der Waals surface area contributed by atoms with Gasteiger partial charge in [0.1, 0.15) is 6.20 Å². The molecule has 1 aliphatic carbocycles. The largest absolute Gasteiger partial charge is 0.393 e. The van der Waals surface area contributed by atoms with Gasteiger partial charge in [-0.2, -0.15) is 0 Å². The number of nitrogens with one attached hydrogen (secondary N) is 1. The quantitative estimate of drug-likeness (QED) is 0.607. The molecule has 0 radical (unpaired) electrons. The van der Waals surface area contributed by atoms with Crippen molar-refractivity contribution in [1.29, 1.82) is 0 Å². The number of hydrogen-bond acceptors (Lipinski definition) is 5. The number of hydrogen-bond donors (Lipinski definition) is 2. The van der Waals surface area contributed by atoms with Gasteiger partial charge in [0.05, 0.1) is 6.10 Å². The summed E-state index contributed by atoms with van der Waals surface area (Å²) in [6, 6.07) is 0.128. The zero-order valence-electron chi connectivity index (χ0n) is 11.1. The van der Waals surface area contributed by atoms with Gasteiger partial charge in [-0.25, -0.2) is 0 Å². The van der Waals surface area contributed by atoms with Gasteiger partial charge >= 0.3 is 5.82 Å². The molecule has 0 unspecified atom stereocenters. The Morgan fingerprint density at radius 3 is 2.80 bits per heavy atom. The molecule has 0 saturated heterocycles. The molecule has 8 nitrogen and oxygen atoms in total. The maximum Gasteiger partial charge on any atom is 0.381 e. The van der Waals surface area contributed by atoms with Crippen molar-refractivity contribution in [1.82, 2.24) is 14.9 Å². The molecule has 2 rings (SSSR count). The Morgan fingerprint density at radius 1 is 1.50 bits per heavy atom. The van der Waals surface area contributed by atoms with Crippen LogP contribution in [0.4, 0.5) is 5.82 Å². The number of rotatable bonds is 5. The van der Waals surface area contributed by atoms with E-state index in [2.05, 4.69) is 10.3 Å². The zero-order chi connectivity index (χ0) is 14.5. The van der Waals surface area contributed by atoms with E-state index in [1.54, 1.807) is 0 Å². The molecule has 0 atom stereocenters. The van der Waals surface area contributed by atoms with Crippen molar-refractivity contribution in [2.45, 2.75) is 50.8 Å². The van der Waals surface area contributed by atoms with E-state index in [1.807, 2.05) is 0 Å². The molecule has 1 heterocycles. The fraction of sp³-hybridized carbons (Fsp3) is 0.667. The van der Waals surface area contributed by atoms with E-state index in [0.717, 1.165) is 25.7 Å². The van der Waals surface area contributed by atoms with Crippen LogP contribution < -0.4 is 5.32 Å². The predicted octanol–water partition coefficient (Wildman–Crippen LogP) is 0.601. The first kappa shape index (κ1) is 14.4. The molecule has 1 fully saturated rings. The topological polar surface area (TPSA) is 110 Å². The lowest BCUT2D eigenvalue weighted by Gasteiger charge is -2.26. The van der Waals surface area contributed by atoms with E-state index in [9.17, 15) is 20.0 Å². The third kappa shape index (κ3) is 4.02. The summed E-state index contributed by atoms with van der Waals surface area (Å²) in [4.78, 5) is 25.3. The number of aromatic nitrogens is 2. The van der Waals surface area contributed by atoms with Crippen LogP contribution in [0, 0.1) is 10.1 Å². The Bertz CT molecular complexity index is 480. The second-order valence-corrected chi connectivity index (χ2v) is 5.05. The fourth-order valence-corrected chi connectivity index (χ4v) is 2.32. The van der Waals surface area contributed by atoms with Crippen LogP contribution in [0.1, 0.15) is 32.1 Å². The molecule has 2 N–H and O–H groups in total. The van der Waals surface area contributed by atoms with Crippen molar-refractivity contribution < 1.29 is 14.8 Å². The Kier molecular flexibility index (Phi) is 4.67. The number of aliphatic hydroxyl groups is 1. The molecule has 1 aromatic heterocycles. The van der Waals surface area contributed by atoms with Gasteiger partial charge in [0.25, 0.3) is 0 Å². The number of imidazole rings is 1. The molecule has 0 spiro atoms. The van der Waals surface area contributed by atoms with Gasteiger partial charge < -0.3 is 25.1 Å². The number of carbonyl (C=O) groups is 1. The van der Waals surface area contributed by atoms with Gasteiger partial charge in [-0.15, -0.1) is 0 Å². The predicted molar refractivity (Wildman–Crippen MR) is 69.9 cm³/mol. The highest BCUT2D eigenvalue weighted by Gasteiger charge is 2.20. The summed E-state index contributed by atoms with van der Waals surface area (Å²) < 4.78 is 1.53.